The molecule has 1 aromatic rings. The topological polar surface area (TPSA) is 87.1 Å². The smallest absolute Gasteiger partial charge is 0.326 e. The second-order valence-corrected chi connectivity index (χ2v) is 5.08. The van der Waals surface area contributed by atoms with Crippen molar-refractivity contribution in [1.82, 2.24) is 0 Å². The molecule has 0 aliphatic heterocycles. The number of aliphatic carboxylic acids is 2. The summed E-state index contributed by atoms with van der Waals surface area (Å²) < 4.78 is 5.27. The van der Waals surface area contributed by atoms with Crippen LogP contribution in [0.5, 0.6) is 5.75 Å². The number of carboxylic acids is 2. The zero-order valence-corrected chi connectivity index (χ0v) is 12.7. The molecule has 0 saturated carbocycles. The molecule has 0 amide bonds. The van der Waals surface area contributed by atoms with E-state index in [0.29, 0.717) is 11.4 Å². The molecule has 0 saturated heterocycles. The quantitative estimate of drug-likeness (QED) is 0.800. The lowest BCUT2D eigenvalue weighted by Gasteiger charge is -2.31. The Kier molecular flexibility index (Phi) is 5.58. The molecule has 0 aliphatic rings. The minimum Gasteiger partial charge on any atom is -0.495 e. The van der Waals surface area contributed by atoms with Crippen LogP contribution in [-0.4, -0.2) is 41.8 Å². The van der Waals surface area contributed by atoms with Crippen molar-refractivity contribution < 1.29 is 24.5 Å². The highest BCUT2D eigenvalue weighted by atomic mass is 16.5. The molecule has 6 nitrogen and oxygen atoms in total. The number of ether oxygens (including phenoxy) is 1. The summed E-state index contributed by atoms with van der Waals surface area (Å²) in [4.78, 5) is 23.9. The lowest BCUT2D eigenvalue weighted by Crippen LogP contribution is -2.43. The minimum absolute atomic E-state index is 0.0859. The molecular formula is C15H21NO5. The Morgan fingerprint density at radius 2 is 1.86 bits per heavy atom. The number of hydrogen-bond donors (Lipinski definition) is 2. The van der Waals surface area contributed by atoms with Gasteiger partial charge in [-0.2, -0.15) is 0 Å². The predicted octanol–water partition coefficient (Wildman–Crippen LogP) is 2.00. The number of methoxy groups -OCH3 is 1. The van der Waals surface area contributed by atoms with Crippen molar-refractivity contribution >= 4 is 17.6 Å². The second kappa shape index (κ2) is 6.97. The van der Waals surface area contributed by atoms with Gasteiger partial charge in [-0.25, -0.2) is 4.79 Å². The van der Waals surface area contributed by atoms with Gasteiger partial charge in [0, 0.05) is 6.54 Å². The van der Waals surface area contributed by atoms with E-state index in [1.165, 1.54) is 14.0 Å². The first kappa shape index (κ1) is 16.8. The SMILES string of the molecule is COc1ccc(C)cc1N(CC(C)C(=O)O)C(C)C(=O)O. The van der Waals surface area contributed by atoms with Crippen LogP contribution >= 0.6 is 0 Å². The Labute approximate surface area is 124 Å². The van der Waals surface area contributed by atoms with E-state index in [2.05, 4.69) is 0 Å². The van der Waals surface area contributed by atoms with Gasteiger partial charge in [-0.15, -0.1) is 0 Å². The number of carboxylic acid groups (broad SMARTS) is 2. The molecule has 0 spiro atoms. The van der Waals surface area contributed by atoms with Crippen LogP contribution in [0.15, 0.2) is 18.2 Å². The number of anilines is 1. The van der Waals surface area contributed by atoms with Crippen LogP contribution in [0.1, 0.15) is 19.4 Å². The Morgan fingerprint density at radius 3 is 2.33 bits per heavy atom. The van der Waals surface area contributed by atoms with E-state index in [4.69, 9.17) is 9.84 Å². The van der Waals surface area contributed by atoms with E-state index in [1.54, 1.807) is 24.0 Å². The average molecular weight is 295 g/mol. The van der Waals surface area contributed by atoms with Crippen LogP contribution in [0.2, 0.25) is 0 Å². The largest absolute Gasteiger partial charge is 0.495 e. The highest BCUT2D eigenvalue weighted by Crippen LogP contribution is 2.31. The number of aryl methyl sites for hydroxylation is 1. The number of rotatable bonds is 7. The number of nitrogens with zero attached hydrogens (tertiary/aromatic N) is 1. The summed E-state index contributed by atoms with van der Waals surface area (Å²) in [6.07, 6.45) is 0. The zero-order chi connectivity index (χ0) is 16.2. The van der Waals surface area contributed by atoms with E-state index in [1.807, 2.05) is 13.0 Å². The van der Waals surface area contributed by atoms with Crippen molar-refractivity contribution in [2.45, 2.75) is 26.8 Å². The Balaban J connectivity index is 3.26. The van der Waals surface area contributed by atoms with Crippen LogP contribution in [0.25, 0.3) is 0 Å². The van der Waals surface area contributed by atoms with E-state index < -0.39 is 23.9 Å². The van der Waals surface area contributed by atoms with Crippen molar-refractivity contribution in [2.75, 3.05) is 18.6 Å². The van der Waals surface area contributed by atoms with Gasteiger partial charge in [0.05, 0.1) is 18.7 Å². The second-order valence-electron chi connectivity index (χ2n) is 5.08. The standard InChI is InChI=1S/C15H21NO5/c1-9-5-6-13(21-4)12(7-9)16(11(3)15(19)20)8-10(2)14(17)18/h5-7,10-11H,8H2,1-4H3,(H,17,18)(H,19,20). The summed E-state index contributed by atoms with van der Waals surface area (Å²) in [6.45, 7) is 5.04. The number of carbonyl (C=O) groups is 2. The van der Waals surface area contributed by atoms with Gasteiger partial charge in [0.25, 0.3) is 0 Å². The predicted molar refractivity (Wildman–Crippen MR) is 79.0 cm³/mol. The molecular weight excluding hydrogens is 274 g/mol. The van der Waals surface area contributed by atoms with Crippen LogP contribution in [0.4, 0.5) is 5.69 Å². The highest BCUT2D eigenvalue weighted by Gasteiger charge is 2.27. The molecule has 0 fully saturated rings. The van der Waals surface area contributed by atoms with Gasteiger partial charge in [0.15, 0.2) is 0 Å². The molecule has 2 N–H and O–H groups in total. The lowest BCUT2D eigenvalue weighted by atomic mass is 10.1. The third-order valence-electron chi connectivity index (χ3n) is 3.36. The van der Waals surface area contributed by atoms with E-state index in [9.17, 15) is 14.7 Å². The molecule has 1 aromatic carbocycles. The molecule has 2 atom stereocenters. The van der Waals surface area contributed by atoms with Crippen molar-refractivity contribution in [3.05, 3.63) is 23.8 Å². The number of hydrogen-bond acceptors (Lipinski definition) is 4. The first-order valence-electron chi connectivity index (χ1n) is 6.64. The summed E-state index contributed by atoms with van der Waals surface area (Å²) >= 11 is 0. The molecule has 6 heteroatoms. The monoisotopic (exact) mass is 295 g/mol. The third kappa shape index (κ3) is 4.11. The van der Waals surface area contributed by atoms with E-state index >= 15 is 0 Å². The molecule has 0 aromatic heterocycles. The van der Waals surface area contributed by atoms with Gasteiger partial charge in [-0.1, -0.05) is 13.0 Å². The maximum Gasteiger partial charge on any atom is 0.326 e. The molecule has 21 heavy (non-hydrogen) atoms. The maximum atomic E-state index is 11.3. The van der Waals surface area contributed by atoms with Crippen LogP contribution in [0, 0.1) is 12.8 Å². The minimum atomic E-state index is -1.02. The zero-order valence-electron chi connectivity index (χ0n) is 12.7. The first-order valence-corrected chi connectivity index (χ1v) is 6.64. The summed E-state index contributed by atoms with van der Waals surface area (Å²) in [5, 5.41) is 18.3. The molecule has 2 unspecified atom stereocenters. The molecule has 0 bridgehead atoms. The third-order valence-corrected chi connectivity index (χ3v) is 3.36. The van der Waals surface area contributed by atoms with Crippen LogP contribution in [0.3, 0.4) is 0 Å². The fourth-order valence-corrected chi connectivity index (χ4v) is 2.00. The summed E-state index contributed by atoms with van der Waals surface area (Å²) in [7, 11) is 1.50. The molecule has 0 heterocycles. The van der Waals surface area contributed by atoms with Crippen molar-refractivity contribution in [1.29, 1.82) is 0 Å². The van der Waals surface area contributed by atoms with Crippen molar-refractivity contribution in [2.24, 2.45) is 5.92 Å². The van der Waals surface area contributed by atoms with Gasteiger partial charge < -0.3 is 19.8 Å². The van der Waals surface area contributed by atoms with Crippen LogP contribution < -0.4 is 9.64 Å². The molecule has 116 valence electrons. The van der Waals surface area contributed by atoms with Gasteiger partial charge in [-0.05, 0) is 31.5 Å². The molecule has 0 aliphatic carbocycles. The summed E-state index contributed by atoms with van der Waals surface area (Å²) in [5.41, 5.74) is 1.52. The summed E-state index contributed by atoms with van der Waals surface area (Å²) in [5.74, 6) is -2.16. The molecule has 1 rings (SSSR count). The van der Waals surface area contributed by atoms with Crippen molar-refractivity contribution in [3.8, 4) is 5.75 Å². The highest BCUT2D eigenvalue weighted by molar-refractivity contribution is 5.80. The normalized spacial score (nSPS) is 13.3. The Bertz CT molecular complexity index is 529. The van der Waals surface area contributed by atoms with E-state index in [-0.39, 0.29) is 6.54 Å². The lowest BCUT2D eigenvalue weighted by molar-refractivity contribution is -0.142. The molecule has 0 radical (unpaired) electrons. The van der Waals surface area contributed by atoms with E-state index in [0.717, 1.165) is 5.56 Å². The van der Waals surface area contributed by atoms with Gasteiger partial charge in [0.2, 0.25) is 0 Å². The maximum absolute atomic E-state index is 11.3. The van der Waals surface area contributed by atoms with Gasteiger partial charge in [-0.3, -0.25) is 4.79 Å². The van der Waals surface area contributed by atoms with Crippen LogP contribution in [-0.2, 0) is 9.59 Å². The average Bonchev–Trinajstić information content (AvgIpc) is 2.43. The Hall–Kier alpha value is -2.24. The number of benzene rings is 1. The Morgan fingerprint density at radius 1 is 1.24 bits per heavy atom. The fraction of sp³-hybridized carbons (Fsp3) is 0.467. The first-order chi connectivity index (χ1) is 9.77. The van der Waals surface area contributed by atoms with Gasteiger partial charge >= 0.3 is 11.9 Å². The van der Waals surface area contributed by atoms with Gasteiger partial charge in [0.1, 0.15) is 11.8 Å². The van der Waals surface area contributed by atoms with Crippen molar-refractivity contribution in [3.63, 3.8) is 0 Å². The fourth-order valence-electron chi connectivity index (χ4n) is 2.00. The summed E-state index contributed by atoms with van der Waals surface area (Å²) in [6, 6.07) is 4.54.